The molecule has 2 N–H and O–H groups in total. The molecular weight excluding hydrogens is 314 g/mol. The summed E-state index contributed by atoms with van der Waals surface area (Å²) in [7, 11) is -3.68. The zero-order chi connectivity index (χ0) is 16.8. The Morgan fingerprint density at radius 2 is 2.00 bits per heavy atom. The average molecular weight is 333 g/mol. The first kappa shape index (κ1) is 15.5. The summed E-state index contributed by atoms with van der Waals surface area (Å²) in [5, 5.41) is 12.0. The van der Waals surface area contributed by atoms with E-state index in [1.807, 2.05) is 24.7 Å². The smallest absolute Gasteiger partial charge is 0.265 e. The summed E-state index contributed by atoms with van der Waals surface area (Å²) in [6.07, 6.45) is 1.91. The van der Waals surface area contributed by atoms with E-state index in [0.717, 1.165) is 10.9 Å². The maximum Gasteiger partial charge on any atom is 0.265 e. The highest BCUT2D eigenvalue weighted by Gasteiger charge is 2.22. The predicted octanol–water partition coefficient (Wildman–Crippen LogP) is 2.76. The van der Waals surface area contributed by atoms with Crippen molar-refractivity contribution in [1.29, 1.82) is 0 Å². The second kappa shape index (κ2) is 5.38. The van der Waals surface area contributed by atoms with E-state index in [4.69, 9.17) is 0 Å². The van der Waals surface area contributed by atoms with Gasteiger partial charge in [-0.25, -0.2) is 8.42 Å². The predicted molar refractivity (Wildman–Crippen MR) is 89.0 cm³/mol. The highest BCUT2D eigenvalue weighted by atomic mass is 32.2. The Bertz CT molecular complexity index is 950. The first-order chi connectivity index (χ1) is 10.8. The molecule has 2 heterocycles. The number of aryl methyl sites for hydroxylation is 2. The molecule has 0 aliphatic rings. The quantitative estimate of drug-likeness (QED) is 0.768. The summed E-state index contributed by atoms with van der Waals surface area (Å²) in [5.74, 6) is 0. The molecule has 0 amide bonds. The molecule has 0 saturated heterocycles. The summed E-state index contributed by atoms with van der Waals surface area (Å²) in [4.78, 5) is 0.190. The lowest BCUT2D eigenvalue weighted by Gasteiger charge is -2.08. The molecule has 122 valence electrons. The van der Waals surface area contributed by atoms with Gasteiger partial charge in [0.05, 0.1) is 16.9 Å². The van der Waals surface area contributed by atoms with E-state index in [-0.39, 0.29) is 10.9 Å². The Hall–Kier alpha value is -2.35. The van der Waals surface area contributed by atoms with Gasteiger partial charge in [0.1, 0.15) is 4.90 Å². The summed E-state index contributed by atoms with van der Waals surface area (Å²) in [6.45, 7) is 7.43. The van der Waals surface area contributed by atoms with Crippen molar-refractivity contribution in [3.8, 4) is 0 Å². The van der Waals surface area contributed by atoms with Gasteiger partial charge in [-0.05, 0) is 45.9 Å². The molecule has 23 heavy (non-hydrogen) atoms. The molecule has 0 atom stereocenters. The number of nitrogens with one attached hydrogen (secondary N) is 2. The van der Waals surface area contributed by atoms with E-state index in [0.29, 0.717) is 17.1 Å². The van der Waals surface area contributed by atoms with E-state index in [1.54, 1.807) is 32.0 Å². The van der Waals surface area contributed by atoms with Gasteiger partial charge in [0.2, 0.25) is 0 Å². The molecule has 3 aromatic rings. The SMILES string of the molecule is Cc1n[nH]c(C)c1S(=O)(=O)Nc1ccc2nn(C(C)C)cc2c1. The molecule has 0 aliphatic heterocycles. The molecule has 2 aromatic heterocycles. The number of rotatable bonds is 4. The second-order valence-electron chi connectivity index (χ2n) is 5.85. The van der Waals surface area contributed by atoms with Gasteiger partial charge in [-0.1, -0.05) is 0 Å². The van der Waals surface area contributed by atoms with Crippen LogP contribution in [0.3, 0.4) is 0 Å². The number of sulfonamides is 1. The van der Waals surface area contributed by atoms with E-state index in [2.05, 4.69) is 20.0 Å². The van der Waals surface area contributed by atoms with Gasteiger partial charge >= 0.3 is 0 Å². The number of aromatic nitrogens is 4. The summed E-state index contributed by atoms with van der Waals surface area (Å²) < 4.78 is 29.6. The topological polar surface area (TPSA) is 92.7 Å². The van der Waals surface area contributed by atoms with Crippen molar-refractivity contribution in [1.82, 2.24) is 20.0 Å². The molecule has 0 fully saturated rings. The molecule has 8 heteroatoms. The van der Waals surface area contributed by atoms with Gasteiger partial charge < -0.3 is 0 Å². The first-order valence-corrected chi connectivity index (χ1v) is 8.79. The number of H-pyrrole nitrogens is 1. The average Bonchev–Trinajstić information content (AvgIpc) is 3.01. The third kappa shape index (κ3) is 2.81. The number of nitrogens with zero attached hydrogens (tertiary/aromatic N) is 3. The number of anilines is 1. The van der Waals surface area contributed by atoms with E-state index in [9.17, 15) is 8.42 Å². The van der Waals surface area contributed by atoms with Crippen LogP contribution in [0.4, 0.5) is 5.69 Å². The Morgan fingerprint density at radius 1 is 1.26 bits per heavy atom. The molecule has 0 unspecified atom stereocenters. The van der Waals surface area contributed by atoms with Crippen LogP contribution >= 0.6 is 0 Å². The van der Waals surface area contributed by atoms with Gasteiger partial charge in [-0.2, -0.15) is 10.2 Å². The minimum Gasteiger partial charge on any atom is -0.281 e. The van der Waals surface area contributed by atoms with Gasteiger partial charge in [0.15, 0.2) is 0 Å². The fourth-order valence-corrected chi connectivity index (χ4v) is 3.94. The molecule has 0 spiro atoms. The van der Waals surface area contributed by atoms with E-state index < -0.39 is 10.0 Å². The van der Waals surface area contributed by atoms with Crippen LogP contribution in [0, 0.1) is 13.8 Å². The lowest BCUT2D eigenvalue weighted by atomic mass is 10.2. The Labute approximate surface area is 134 Å². The minimum atomic E-state index is -3.68. The van der Waals surface area contributed by atoms with Crippen molar-refractivity contribution in [2.75, 3.05) is 4.72 Å². The van der Waals surface area contributed by atoms with Gasteiger partial charge in [0.25, 0.3) is 10.0 Å². The maximum atomic E-state index is 12.6. The van der Waals surface area contributed by atoms with Crippen molar-refractivity contribution in [3.05, 3.63) is 35.8 Å². The normalized spacial score (nSPS) is 12.2. The Balaban J connectivity index is 1.98. The molecule has 7 nitrogen and oxygen atoms in total. The second-order valence-corrected chi connectivity index (χ2v) is 7.46. The number of hydrogen-bond donors (Lipinski definition) is 2. The van der Waals surface area contributed by atoms with E-state index in [1.165, 1.54) is 0 Å². The molecule has 0 radical (unpaired) electrons. The van der Waals surface area contributed by atoms with Crippen molar-refractivity contribution in [3.63, 3.8) is 0 Å². The van der Waals surface area contributed by atoms with Crippen LogP contribution in [0.2, 0.25) is 0 Å². The van der Waals surface area contributed by atoms with Crippen LogP contribution in [-0.2, 0) is 10.0 Å². The molecule has 3 rings (SSSR count). The zero-order valence-electron chi connectivity index (χ0n) is 13.5. The van der Waals surface area contributed by atoms with Crippen LogP contribution in [0.5, 0.6) is 0 Å². The standard InChI is InChI=1S/C15H19N5O2S/c1-9(2)20-8-12-7-13(5-6-14(12)18-20)19-23(21,22)15-10(3)16-17-11(15)4/h5-9,19H,1-4H3,(H,16,17). The van der Waals surface area contributed by atoms with Crippen molar-refractivity contribution < 1.29 is 8.42 Å². The molecular formula is C15H19N5O2S. The fraction of sp³-hybridized carbons (Fsp3) is 0.333. The molecule has 1 aromatic carbocycles. The van der Waals surface area contributed by atoms with Crippen LogP contribution in [0.15, 0.2) is 29.3 Å². The van der Waals surface area contributed by atoms with Crippen LogP contribution < -0.4 is 4.72 Å². The highest BCUT2D eigenvalue weighted by molar-refractivity contribution is 7.92. The number of fused-ring (bicyclic) bond motifs is 1. The fourth-order valence-electron chi connectivity index (χ4n) is 2.52. The molecule has 0 aliphatic carbocycles. The van der Waals surface area contributed by atoms with Crippen LogP contribution in [0.25, 0.3) is 10.9 Å². The highest BCUT2D eigenvalue weighted by Crippen LogP contribution is 2.24. The van der Waals surface area contributed by atoms with Gasteiger partial charge in [-0.15, -0.1) is 0 Å². The number of aromatic amines is 1. The van der Waals surface area contributed by atoms with Crippen molar-refractivity contribution in [2.45, 2.75) is 38.6 Å². The van der Waals surface area contributed by atoms with E-state index >= 15 is 0 Å². The van der Waals surface area contributed by atoms with Crippen molar-refractivity contribution >= 4 is 26.6 Å². The summed E-state index contributed by atoms with van der Waals surface area (Å²) in [5.41, 5.74) is 2.30. The van der Waals surface area contributed by atoms with Crippen LogP contribution in [-0.4, -0.2) is 28.4 Å². The monoisotopic (exact) mass is 333 g/mol. The maximum absolute atomic E-state index is 12.6. The van der Waals surface area contributed by atoms with Gasteiger partial charge in [-0.3, -0.25) is 14.5 Å². The summed E-state index contributed by atoms with van der Waals surface area (Å²) >= 11 is 0. The number of hydrogen-bond acceptors (Lipinski definition) is 4. The first-order valence-electron chi connectivity index (χ1n) is 7.31. The Morgan fingerprint density at radius 3 is 2.61 bits per heavy atom. The lowest BCUT2D eigenvalue weighted by molar-refractivity contribution is 0.537. The number of benzene rings is 1. The third-order valence-electron chi connectivity index (χ3n) is 3.63. The Kier molecular flexibility index (Phi) is 3.63. The minimum absolute atomic E-state index is 0.190. The largest absolute Gasteiger partial charge is 0.281 e. The molecule has 0 bridgehead atoms. The lowest BCUT2D eigenvalue weighted by Crippen LogP contribution is -2.14. The van der Waals surface area contributed by atoms with Crippen molar-refractivity contribution in [2.24, 2.45) is 0 Å². The summed E-state index contributed by atoms with van der Waals surface area (Å²) in [6, 6.07) is 5.55. The zero-order valence-corrected chi connectivity index (χ0v) is 14.3. The van der Waals surface area contributed by atoms with Crippen LogP contribution in [0.1, 0.15) is 31.3 Å². The molecule has 0 saturated carbocycles. The van der Waals surface area contributed by atoms with Gasteiger partial charge in [0, 0.05) is 23.3 Å². The third-order valence-corrected chi connectivity index (χ3v) is 5.28.